The van der Waals surface area contributed by atoms with Gasteiger partial charge >= 0.3 is 0 Å². The minimum atomic E-state index is -0.150. The maximum absolute atomic E-state index is 5.79. The molecule has 0 amide bonds. The van der Waals surface area contributed by atoms with E-state index >= 15 is 0 Å². The van der Waals surface area contributed by atoms with Gasteiger partial charge in [-0.3, -0.25) is 0 Å². The minimum Gasteiger partial charge on any atom is -0.490 e. The molecule has 0 radical (unpaired) electrons. The van der Waals surface area contributed by atoms with Crippen molar-refractivity contribution in [3.8, 4) is 16.9 Å². The average Bonchev–Trinajstić information content (AvgIpc) is 3.27. The molecule has 0 spiro atoms. The van der Waals surface area contributed by atoms with Gasteiger partial charge < -0.3 is 10.1 Å². The van der Waals surface area contributed by atoms with E-state index in [0.717, 1.165) is 18.7 Å². The third kappa shape index (κ3) is 4.07. The van der Waals surface area contributed by atoms with E-state index in [9.17, 15) is 0 Å². The zero-order valence-electron chi connectivity index (χ0n) is 16.9. The number of fused-ring (bicyclic) bond motifs is 1. The van der Waals surface area contributed by atoms with E-state index in [-0.39, 0.29) is 11.6 Å². The first kappa shape index (κ1) is 18.6. The zero-order chi connectivity index (χ0) is 19.7. The highest BCUT2D eigenvalue weighted by Crippen LogP contribution is 2.32. The van der Waals surface area contributed by atoms with Crippen LogP contribution in [-0.4, -0.2) is 26.3 Å². The summed E-state index contributed by atoms with van der Waals surface area (Å²) in [7, 11) is 0. The molecular formula is C22H27N5O. The van der Waals surface area contributed by atoms with Gasteiger partial charge in [0.05, 0.1) is 12.1 Å². The number of nitrogens with zero attached hydrogens (tertiary/aromatic N) is 4. The molecule has 28 heavy (non-hydrogen) atoms. The molecule has 1 atom stereocenters. The Morgan fingerprint density at radius 1 is 1.07 bits per heavy atom. The third-order valence-electron chi connectivity index (χ3n) is 4.85. The molecule has 6 nitrogen and oxygen atoms in total. The quantitative estimate of drug-likeness (QED) is 0.734. The predicted molar refractivity (Wildman–Crippen MR) is 109 cm³/mol. The van der Waals surface area contributed by atoms with Crippen molar-refractivity contribution in [3.05, 3.63) is 59.4 Å². The summed E-state index contributed by atoms with van der Waals surface area (Å²) in [6.07, 6.45) is 1.26. The van der Waals surface area contributed by atoms with Gasteiger partial charge in [0.1, 0.15) is 11.9 Å². The van der Waals surface area contributed by atoms with Gasteiger partial charge in [0.25, 0.3) is 0 Å². The number of hydrogen-bond acceptors (Lipinski definition) is 5. The first-order valence-electron chi connectivity index (χ1n) is 9.77. The van der Waals surface area contributed by atoms with Crippen LogP contribution in [0.25, 0.3) is 11.1 Å². The summed E-state index contributed by atoms with van der Waals surface area (Å²) in [4.78, 5) is 1.65. The fraction of sp³-hybridized carbons (Fsp3) is 0.409. The van der Waals surface area contributed by atoms with Crippen LogP contribution in [0, 0.1) is 0 Å². The van der Waals surface area contributed by atoms with Gasteiger partial charge in [0, 0.05) is 13.0 Å². The summed E-state index contributed by atoms with van der Waals surface area (Å²) in [5.74, 6) is 1.73. The minimum absolute atomic E-state index is 0.150. The summed E-state index contributed by atoms with van der Waals surface area (Å²) in [6, 6.07) is 15.1. The Labute approximate surface area is 165 Å². The Kier molecular flexibility index (Phi) is 4.89. The van der Waals surface area contributed by atoms with E-state index in [1.807, 2.05) is 0 Å². The molecule has 3 aromatic rings. The highest BCUT2D eigenvalue weighted by Gasteiger charge is 2.19. The van der Waals surface area contributed by atoms with Crippen molar-refractivity contribution >= 4 is 0 Å². The summed E-state index contributed by atoms with van der Waals surface area (Å²) < 4.78 is 5.79. The number of rotatable bonds is 5. The molecule has 0 aliphatic carbocycles. The van der Waals surface area contributed by atoms with Crippen molar-refractivity contribution in [1.82, 2.24) is 25.5 Å². The van der Waals surface area contributed by atoms with Crippen molar-refractivity contribution in [2.75, 3.05) is 0 Å². The van der Waals surface area contributed by atoms with Crippen molar-refractivity contribution in [2.45, 2.75) is 58.8 Å². The van der Waals surface area contributed by atoms with Crippen LogP contribution < -0.4 is 10.1 Å². The first-order chi connectivity index (χ1) is 13.4. The zero-order valence-corrected chi connectivity index (χ0v) is 16.9. The van der Waals surface area contributed by atoms with Crippen molar-refractivity contribution in [2.24, 2.45) is 0 Å². The monoisotopic (exact) mass is 377 g/mol. The lowest BCUT2D eigenvalue weighted by Crippen LogP contribution is -2.25. The molecule has 146 valence electrons. The van der Waals surface area contributed by atoms with Crippen LogP contribution in [0.1, 0.15) is 44.6 Å². The molecule has 1 N–H and O–H groups in total. The van der Waals surface area contributed by atoms with Gasteiger partial charge in [-0.2, -0.15) is 4.80 Å². The molecule has 0 saturated heterocycles. The molecule has 0 bridgehead atoms. The number of aromatic nitrogens is 4. The van der Waals surface area contributed by atoms with E-state index in [2.05, 4.69) is 90.9 Å². The summed E-state index contributed by atoms with van der Waals surface area (Å²) in [5.41, 5.74) is 4.83. The maximum Gasteiger partial charge on any atom is 0.188 e. The number of hydrogen-bond donors (Lipinski definition) is 1. The molecule has 0 saturated carbocycles. The van der Waals surface area contributed by atoms with Gasteiger partial charge in [0.2, 0.25) is 0 Å². The summed E-state index contributed by atoms with van der Waals surface area (Å²) in [5, 5.41) is 16.0. The van der Waals surface area contributed by atoms with Crippen LogP contribution in [0.5, 0.6) is 5.75 Å². The van der Waals surface area contributed by atoms with E-state index in [1.165, 1.54) is 22.3 Å². The number of tetrazole rings is 1. The predicted octanol–water partition coefficient (Wildman–Crippen LogP) is 3.71. The van der Waals surface area contributed by atoms with Crippen LogP contribution in [0.2, 0.25) is 0 Å². The van der Waals surface area contributed by atoms with Crippen LogP contribution in [0.4, 0.5) is 0 Å². The Morgan fingerprint density at radius 2 is 1.82 bits per heavy atom. The Balaban J connectivity index is 1.35. The van der Waals surface area contributed by atoms with Crippen molar-refractivity contribution in [1.29, 1.82) is 0 Å². The number of ether oxygens (including phenoxy) is 1. The fourth-order valence-electron chi connectivity index (χ4n) is 3.33. The van der Waals surface area contributed by atoms with Gasteiger partial charge in [0.15, 0.2) is 5.82 Å². The summed E-state index contributed by atoms with van der Waals surface area (Å²) >= 11 is 0. The molecule has 6 heteroatoms. The largest absolute Gasteiger partial charge is 0.490 e. The maximum atomic E-state index is 5.79. The van der Waals surface area contributed by atoms with Gasteiger partial charge in [-0.1, -0.05) is 30.3 Å². The number of benzene rings is 2. The second-order valence-corrected chi connectivity index (χ2v) is 8.42. The molecule has 1 aliphatic rings. The molecule has 1 aliphatic heterocycles. The lowest BCUT2D eigenvalue weighted by Gasteiger charge is -2.15. The van der Waals surface area contributed by atoms with Gasteiger partial charge in [-0.15, -0.1) is 10.2 Å². The van der Waals surface area contributed by atoms with Gasteiger partial charge in [-0.25, -0.2) is 0 Å². The van der Waals surface area contributed by atoms with Crippen LogP contribution >= 0.6 is 0 Å². The highest BCUT2D eigenvalue weighted by molar-refractivity contribution is 5.66. The van der Waals surface area contributed by atoms with Crippen molar-refractivity contribution in [3.63, 3.8) is 0 Å². The molecule has 1 unspecified atom stereocenters. The lowest BCUT2D eigenvalue weighted by atomic mass is 10.00. The Bertz CT molecular complexity index is 956. The molecule has 1 aromatic heterocycles. The van der Waals surface area contributed by atoms with Crippen molar-refractivity contribution < 1.29 is 4.74 Å². The van der Waals surface area contributed by atoms with E-state index in [1.54, 1.807) is 4.80 Å². The number of nitrogens with one attached hydrogen (secondary N) is 1. The third-order valence-corrected chi connectivity index (χ3v) is 4.85. The second-order valence-electron chi connectivity index (χ2n) is 8.42. The van der Waals surface area contributed by atoms with Crippen LogP contribution in [-0.2, 0) is 25.0 Å². The Hall–Kier alpha value is -2.73. The normalized spacial score (nSPS) is 16.1. The van der Waals surface area contributed by atoms with Crippen LogP contribution in [0.3, 0.4) is 0 Å². The van der Waals surface area contributed by atoms with E-state index in [4.69, 9.17) is 4.74 Å². The molecular weight excluding hydrogens is 350 g/mol. The topological polar surface area (TPSA) is 64.9 Å². The fourth-order valence-corrected chi connectivity index (χ4v) is 3.33. The SMILES string of the molecule is CC1Cc2cc(-c3ccc(CNCc4nnn(C(C)(C)C)n4)cc3)ccc2O1. The second kappa shape index (κ2) is 7.36. The standard InChI is InChI=1S/C22H27N5O/c1-15-11-19-12-18(9-10-20(19)28-15)17-7-5-16(6-8-17)13-23-14-21-24-26-27(25-21)22(2,3)4/h5-10,12,15,23H,11,13-14H2,1-4H3. The average molecular weight is 377 g/mol. The Morgan fingerprint density at radius 3 is 2.54 bits per heavy atom. The molecule has 2 aromatic carbocycles. The molecule has 2 heterocycles. The lowest BCUT2D eigenvalue weighted by molar-refractivity contribution is 0.254. The smallest absolute Gasteiger partial charge is 0.188 e. The first-order valence-corrected chi connectivity index (χ1v) is 9.77. The summed E-state index contributed by atoms with van der Waals surface area (Å²) in [6.45, 7) is 9.65. The molecule has 0 fully saturated rings. The molecule has 4 rings (SSSR count). The van der Waals surface area contributed by atoms with Crippen LogP contribution in [0.15, 0.2) is 42.5 Å². The van der Waals surface area contributed by atoms with Gasteiger partial charge in [-0.05, 0) is 67.3 Å². The highest BCUT2D eigenvalue weighted by atomic mass is 16.5. The van der Waals surface area contributed by atoms with E-state index in [0.29, 0.717) is 12.4 Å². The van der Waals surface area contributed by atoms with E-state index < -0.39 is 0 Å².